The van der Waals surface area contributed by atoms with Crippen molar-refractivity contribution in [2.45, 2.75) is 27.6 Å². The summed E-state index contributed by atoms with van der Waals surface area (Å²) in [6.07, 6.45) is -0.412. The van der Waals surface area contributed by atoms with E-state index in [9.17, 15) is 9.90 Å². The molecule has 0 aliphatic carbocycles. The number of carbonyl (C=O) groups excluding carboxylic acids is 1. The third-order valence-corrected chi connectivity index (χ3v) is 3.82. The van der Waals surface area contributed by atoms with Crippen LogP contribution in [0.5, 0.6) is 0 Å². The summed E-state index contributed by atoms with van der Waals surface area (Å²) in [5, 5.41) is 12.3. The molecule has 18 heavy (non-hydrogen) atoms. The van der Waals surface area contributed by atoms with Crippen LogP contribution in [0, 0.1) is 0 Å². The summed E-state index contributed by atoms with van der Waals surface area (Å²) in [7, 11) is 0. The third kappa shape index (κ3) is 4.64. The SMILES string of the molecule is CC[C@H](C(=O)N[C@@H](O)C(Br)(Br)Br)c1ccccc1. The lowest BCUT2D eigenvalue weighted by Gasteiger charge is -2.24. The monoisotopic (exact) mass is 441 g/mol. The highest BCUT2D eigenvalue weighted by Crippen LogP contribution is 2.36. The summed E-state index contributed by atoms with van der Waals surface area (Å²) in [4.78, 5) is 12.1. The van der Waals surface area contributed by atoms with Crippen molar-refractivity contribution in [3.8, 4) is 0 Å². The Morgan fingerprint density at radius 2 is 1.89 bits per heavy atom. The number of benzene rings is 1. The van der Waals surface area contributed by atoms with Crippen molar-refractivity contribution >= 4 is 53.7 Å². The Hall–Kier alpha value is 0.0900. The molecule has 1 amide bonds. The molecule has 1 aromatic rings. The first-order valence-corrected chi connectivity index (χ1v) is 7.84. The maximum Gasteiger partial charge on any atom is 0.229 e. The van der Waals surface area contributed by atoms with Crippen molar-refractivity contribution in [1.29, 1.82) is 0 Å². The number of halogens is 3. The highest BCUT2D eigenvalue weighted by Gasteiger charge is 2.32. The van der Waals surface area contributed by atoms with Crippen molar-refractivity contribution in [3.63, 3.8) is 0 Å². The minimum Gasteiger partial charge on any atom is -0.370 e. The Morgan fingerprint density at radius 1 is 1.33 bits per heavy atom. The van der Waals surface area contributed by atoms with E-state index in [0.29, 0.717) is 6.42 Å². The minimum absolute atomic E-state index is 0.209. The first kappa shape index (κ1) is 16.1. The fourth-order valence-corrected chi connectivity index (χ4v) is 1.92. The van der Waals surface area contributed by atoms with Crippen molar-refractivity contribution < 1.29 is 9.90 Å². The third-order valence-electron chi connectivity index (χ3n) is 2.52. The Morgan fingerprint density at radius 3 is 2.33 bits per heavy atom. The zero-order valence-electron chi connectivity index (χ0n) is 9.74. The first-order chi connectivity index (χ1) is 8.36. The number of amides is 1. The number of carbonyl (C=O) groups is 1. The Bertz CT molecular complexity index is 392. The lowest BCUT2D eigenvalue weighted by molar-refractivity contribution is -0.125. The predicted molar refractivity (Wildman–Crippen MR) is 83.1 cm³/mol. The van der Waals surface area contributed by atoms with Gasteiger partial charge in [-0.05, 0) is 12.0 Å². The zero-order chi connectivity index (χ0) is 13.8. The van der Waals surface area contributed by atoms with E-state index in [2.05, 4.69) is 53.1 Å². The molecule has 0 unspecified atom stereocenters. The maximum atomic E-state index is 12.1. The summed E-state index contributed by atoms with van der Waals surface area (Å²) in [6, 6.07) is 9.51. The molecule has 0 spiro atoms. The van der Waals surface area contributed by atoms with E-state index in [1.165, 1.54) is 0 Å². The van der Waals surface area contributed by atoms with E-state index in [1.807, 2.05) is 37.3 Å². The number of hydrogen-bond donors (Lipinski definition) is 2. The smallest absolute Gasteiger partial charge is 0.229 e. The number of alkyl halides is 3. The van der Waals surface area contributed by atoms with Gasteiger partial charge in [0.1, 0.15) is 0 Å². The number of nitrogens with one attached hydrogen (secondary N) is 1. The molecule has 100 valence electrons. The number of aliphatic hydroxyl groups is 1. The van der Waals surface area contributed by atoms with Gasteiger partial charge in [-0.1, -0.05) is 85.0 Å². The van der Waals surface area contributed by atoms with Crippen LogP contribution in [-0.2, 0) is 4.79 Å². The van der Waals surface area contributed by atoms with Gasteiger partial charge >= 0.3 is 0 Å². The molecule has 0 aliphatic heterocycles. The standard InChI is InChI=1S/C12H14Br3NO2/c1-2-9(8-6-4-3-5-7-8)10(17)16-11(18)12(13,14)15/h3-7,9,11,18H,2H2,1H3,(H,16,17)/t9-,11-/m0/s1. The molecule has 0 aromatic heterocycles. The highest BCUT2D eigenvalue weighted by molar-refractivity contribution is 9.39. The van der Waals surface area contributed by atoms with E-state index in [-0.39, 0.29) is 11.8 Å². The molecule has 0 fully saturated rings. The van der Waals surface area contributed by atoms with E-state index >= 15 is 0 Å². The van der Waals surface area contributed by atoms with Crippen LogP contribution in [0.3, 0.4) is 0 Å². The second kappa shape index (κ2) is 7.03. The highest BCUT2D eigenvalue weighted by atomic mass is 80.0. The molecule has 0 heterocycles. The van der Waals surface area contributed by atoms with Gasteiger partial charge in [-0.25, -0.2) is 0 Å². The van der Waals surface area contributed by atoms with Gasteiger partial charge in [0.25, 0.3) is 0 Å². The van der Waals surface area contributed by atoms with Crippen LogP contribution in [0.25, 0.3) is 0 Å². The lowest BCUT2D eigenvalue weighted by Crippen LogP contribution is -2.44. The summed E-state index contributed by atoms with van der Waals surface area (Å²) >= 11 is 9.50. The average Bonchev–Trinajstić information content (AvgIpc) is 2.30. The second-order valence-electron chi connectivity index (χ2n) is 3.82. The van der Waals surface area contributed by atoms with Gasteiger partial charge in [0.05, 0.1) is 5.92 Å². The largest absolute Gasteiger partial charge is 0.370 e. The molecule has 0 aliphatic rings. The van der Waals surface area contributed by atoms with Crippen molar-refractivity contribution in [3.05, 3.63) is 35.9 Å². The molecule has 1 aromatic carbocycles. The summed E-state index contributed by atoms with van der Waals surface area (Å²) in [5.74, 6) is -0.477. The number of aliphatic hydroxyl groups excluding tert-OH is 1. The normalized spacial score (nSPS) is 14.9. The van der Waals surface area contributed by atoms with Gasteiger partial charge in [-0.15, -0.1) is 0 Å². The maximum absolute atomic E-state index is 12.1. The molecule has 0 saturated carbocycles. The van der Waals surface area contributed by atoms with Gasteiger partial charge in [0, 0.05) is 0 Å². The Kier molecular flexibility index (Phi) is 6.30. The fourth-order valence-electron chi connectivity index (χ4n) is 1.57. The van der Waals surface area contributed by atoms with Crippen molar-refractivity contribution in [2.75, 3.05) is 0 Å². The van der Waals surface area contributed by atoms with Crippen LogP contribution in [0.1, 0.15) is 24.8 Å². The van der Waals surface area contributed by atoms with E-state index in [0.717, 1.165) is 5.56 Å². The van der Waals surface area contributed by atoms with Gasteiger partial charge < -0.3 is 10.4 Å². The van der Waals surface area contributed by atoms with Gasteiger partial charge in [-0.3, -0.25) is 4.79 Å². The molecule has 2 N–H and O–H groups in total. The molecule has 6 heteroatoms. The molecule has 0 bridgehead atoms. The molecular formula is C12H14Br3NO2. The van der Waals surface area contributed by atoms with Crippen molar-refractivity contribution in [2.24, 2.45) is 0 Å². The fraction of sp³-hybridized carbons (Fsp3) is 0.417. The molecule has 0 radical (unpaired) electrons. The predicted octanol–water partition coefficient (Wildman–Crippen LogP) is 3.45. The molecule has 2 atom stereocenters. The van der Waals surface area contributed by atoms with Crippen LogP contribution in [0.15, 0.2) is 30.3 Å². The molecule has 3 nitrogen and oxygen atoms in total. The summed E-state index contributed by atoms with van der Waals surface area (Å²) in [5.41, 5.74) is 0.939. The number of hydrogen-bond acceptors (Lipinski definition) is 2. The van der Waals surface area contributed by atoms with Crippen LogP contribution in [0.4, 0.5) is 0 Å². The Labute approximate surface area is 132 Å². The van der Waals surface area contributed by atoms with Crippen LogP contribution in [0.2, 0.25) is 0 Å². The van der Waals surface area contributed by atoms with Gasteiger partial charge in [0.2, 0.25) is 5.91 Å². The topological polar surface area (TPSA) is 49.3 Å². The molecule has 1 rings (SSSR count). The minimum atomic E-state index is -1.08. The van der Waals surface area contributed by atoms with Crippen LogP contribution in [-0.4, -0.2) is 19.4 Å². The van der Waals surface area contributed by atoms with E-state index in [1.54, 1.807) is 0 Å². The lowest BCUT2D eigenvalue weighted by atomic mass is 9.96. The Balaban J connectivity index is 2.76. The second-order valence-corrected chi connectivity index (χ2v) is 10.8. The first-order valence-electron chi connectivity index (χ1n) is 5.46. The summed E-state index contributed by atoms with van der Waals surface area (Å²) in [6.45, 7) is 1.94. The van der Waals surface area contributed by atoms with Gasteiger partial charge in [-0.2, -0.15) is 0 Å². The van der Waals surface area contributed by atoms with Crippen LogP contribution < -0.4 is 5.32 Å². The van der Waals surface area contributed by atoms with Crippen molar-refractivity contribution in [1.82, 2.24) is 5.32 Å². The molecular weight excluding hydrogens is 430 g/mol. The average molecular weight is 444 g/mol. The summed E-state index contributed by atoms with van der Waals surface area (Å²) < 4.78 is -0.919. The van der Waals surface area contributed by atoms with Crippen LogP contribution >= 0.6 is 47.8 Å². The van der Waals surface area contributed by atoms with E-state index in [4.69, 9.17) is 0 Å². The zero-order valence-corrected chi connectivity index (χ0v) is 14.5. The molecule has 0 saturated heterocycles. The van der Waals surface area contributed by atoms with E-state index < -0.39 is 8.37 Å². The number of rotatable bonds is 4. The van der Waals surface area contributed by atoms with Gasteiger partial charge in [0.15, 0.2) is 8.37 Å². The quantitative estimate of drug-likeness (QED) is 0.553.